The number of hydrogen-bond acceptors (Lipinski definition) is 4. The van der Waals surface area contributed by atoms with Crippen LogP contribution in [0.15, 0.2) is 103 Å². The minimum absolute atomic E-state index is 0.0679. The van der Waals surface area contributed by atoms with Crippen molar-refractivity contribution in [3.05, 3.63) is 142 Å². The lowest BCUT2D eigenvalue weighted by molar-refractivity contribution is -0.0318. The van der Waals surface area contributed by atoms with E-state index in [0.29, 0.717) is 11.1 Å². The van der Waals surface area contributed by atoms with Crippen molar-refractivity contribution in [3.63, 3.8) is 0 Å². The van der Waals surface area contributed by atoms with Crippen LogP contribution in [0.5, 0.6) is 0 Å². The molecule has 4 heteroatoms. The molecule has 0 aromatic heterocycles. The van der Waals surface area contributed by atoms with Gasteiger partial charge < -0.3 is 9.47 Å². The average molecular weight is 515 g/mol. The molecule has 1 fully saturated rings. The van der Waals surface area contributed by atoms with Crippen molar-refractivity contribution >= 4 is 11.9 Å². The number of carbonyl (C=O) groups is 2. The molecule has 5 atom stereocenters. The lowest BCUT2D eigenvalue weighted by Gasteiger charge is -2.58. The molecule has 3 aliphatic carbocycles. The van der Waals surface area contributed by atoms with Gasteiger partial charge in [-0.25, -0.2) is 9.59 Å². The smallest absolute Gasteiger partial charge is 0.338 e. The Bertz CT molecular complexity index is 1560. The van der Waals surface area contributed by atoms with E-state index in [2.05, 4.69) is 43.3 Å². The van der Waals surface area contributed by atoms with Gasteiger partial charge in [-0.3, -0.25) is 0 Å². The molecule has 4 aromatic carbocycles. The zero-order valence-electron chi connectivity index (χ0n) is 21.9. The normalized spacial score (nSPS) is 25.2. The molecule has 0 bridgehead atoms. The summed E-state index contributed by atoms with van der Waals surface area (Å²) in [6, 6.07) is 33.2. The summed E-state index contributed by atoms with van der Waals surface area (Å²) >= 11 is 0. The molecule has 0 saturated heterocycles. The molecular formula is C35H30O4. The third kappa shape index (κ3) is 3.37. The summed E-state index contributed by atoms with van der Waals surface area (Å²) in [6.45, 7) is 2.20. The average Bonchev–Trinajstić information content (AvgIpc) is 3.15. The van der Waals surface area contributed by atoms with Gasteiger partial charge in [-0.2, -0.15) is 0 Å². The van der Waals surface area contributed by atoms with E-state index >= 15 is 0 Å². The highest BCUT2D eigenvalue weighted by Crippen LogP contribution is 2.77. The molecule has 194 valence electrons. The van der Waals surface area contributed by atoms with Crippen LogP contribution in [0.3, 0.4) is 0 Å². The highest BCUT2D eigenvalue weighted by Gasteiger charge is 2.76. The van der Waals surface area contributed by atoms with E-state index in [1.54, 1.807) is 24.3 Å². The number of fused-ring (bicyclic) bond motifs is 4. The minimum Gasteiger partial charge on any atom is -0.454 e. The lowest BCUT2D eigenvalue weighted by atomic mass is 9.43. The number of ether oxygens (including phenoxy) is 2. The Balaban J connectivity index is 1.36. The van der Waals surface area contributed by atoms with E-state index < -0.39 is 18.2 Å². The summed E-state index contributed by atoms with van der Waals surface area (Å²) in [6.07, 6.45) is 1.98. The molecule has 7 rings (SSSR count). The van der Waals surface area contributed by atoms with Crippen molar-refractivity contribution in [2.24, 2.45) is 0 Å². The number of aryl methyl sites for hydroxylation is 1. The number of carbonyl (C=O) groups excluding carboxylic acids is 2. The van der Waals surface area contributed by atoms with Gasteiger partial charge >= 0.3 is 11.9 Å². The van der Waals surface area contributed by atoms with Crippen LogP contribution >= 0.6 is 0 Å². The van der Waals surface area contributed by atoms with Crippen LogP contribution < -0.4 is 0 Å². The van der Waals surface area contributed by atoms with Crippen molar-refractivity contribution in [2.45, 2.75) is 55.6 Å². The van der Waals surface area contributed by atoms with Crippen molar-refractivity contribution < 1.29 is 19.1 Å². The first kappa shape index (κ1) is 23.9. The van der Waals surface area contributed by atoms with Crippen LogP contribution in [0.1, 0.15) is 80.1 Å². The molecular weight excluding hydrogens is 484 g/mol. The van der Waals surface area contributed by atoms with Crippen molar-refractivity contribution in [3.8, 4) is 0 Å². The number of esters is 2. The monoisotopic (exact) mass is 514 g/mol. The summed E-state index contributed by atoms with van der Waals surface area (Å²) in [4.78, 5) is 26.9. The summed E-state index contributed by atoms with van der Waals surface area (Å²) in [7, 11) is 0. The van der Waals surface area contributed by atoms with Crippen LogP contribution in [-0.2, 0) is 21.3 Å². The number of hydrogen-bond donors (Lipinski definition) is 0. The zero-order valence-corrected chi connectivity index (χ0v) is 21.9. The predicted molar refractivity (Wildman–Crippen MR) is 149 cm³/mol. The number of unbranched alkanes of at least 4 members (excludes halogenated alkanes) is 1. The Morgan fingerprint density at radius 1 is 0.667 bits per heavy atom. The molecule has 3 aliphatic rings. The van der Waals surface area contributed by atoms with E-state index in [1.807, 2.05) is 42.5 Å². The summed E-state index contributed by atoms with van der Waals surface area (Å²) in [5, 5.41) is 0. The van der Waals surface area contributed by atoms with Crippen molar-refractivity contribution in [1.29, 1.82) is 0 Å². The molecule has 0 heterocycles. The lowest BCUT2D eigenvalue weighted by Crippen LogP contribution is -2.54. The molecule has 0 amide bonds. The van der Waals surface area contributed by atoms with E-state index in [1.165, 1.54) is 27.8 Å². The first-order chi connectivity index (χ1) is 19.2. The fraction of sp³-hybridized carbons (Fsp3) is 0.257. The molecule has 0 aliphatic heterocycles. The standard InChI is InChI=1S/C35H30O4/c1-2-3-13-22-18-12-21-27-28(22)30-32(39-34(37)24-16-8-5-9-17-24)31(38-33(36)23-14-6-4-7-15-23)29-25-19-10-11-20-26(25)35(27,29)30/h4-12,14-21,29-32H,2-3,13H2,1H3/t29?,30-,31?,32?,35-/m1/s1. The minimum atomic E-state index is -0.600. The van der Waals surface area contributed by atoms with Crippen LogP contribution in [0.25, 0.3) is 0 Å². The van der Waals surface area contributed by atoms with Gasteiger partial charge in [0.25, 0.3) is 0 Å². The quantitative estimate of drug-likeness (QED) is 0.250. The Labute approximate surface area is 228 Å². The van der Waals surface area contributed by atoms with Gasteiger partial charge in [-0.05, 0) is 64.9 Å². The van der Waals surface area contributed by atoms with Crippen LogP contribution in [-0.4, -0.2) is 24.1 Å². The van der Waals surface area contributed by atoms with Crippen molar-refractivity contribution in [2.75, 3.05) is 0 Å². The maximum atomic E-state index is 13.5. The van der Waals surface area contributed by atoms with E-state index in [9.17, 15) is 9.59 Å². The van der Waals surface area contributed by atoms with Gasteiger partial charge in [-0.1, -0.05) is 92.2 Å². The van der Waals surface area contributed by atoms with E-state index in [-0.39, 0.29) is 23.2 Å². The van der Waals surface area contributed by atoms with Crippen LogP contribution in [0.2, 0.25) is 0 Å². The topological polar surface area (TPSA) is 52.6 Å². The fourth-order valence-corrected chi connectivity index (χ4v) is 7.44. The second-order valence-corrected chi connectivity index (χ2v) is 10.9. The Morgan fingerprint density at radius 3 is 1.87 bits per heavy atom. The number of benzene rings is 4. The maximum absolute atomic E-state index is 13.5. The molecule has 3 unspecified atom stereocenters. The SMILES string of the molecule is CCCCc1cccc2c1[C@@H]1C(OC(=O)c3ccccc3)C(OC(=O)c3ccccc3)C3c4ccccc4[C@@]231. The van der Waals surface area contributed by atoms with Crippen LogP contribution in [0.4, 0.5) is 0 Å². The molecule has 39 heavy (non-hydrogen) atoms. The second kappa shape index (κ2) is 9.23. The molecule has 4 aromatic rings. The van der Waals surface area contributed by atoms with Gasteiger partial charge in [-0.15, -0.1) is 0 Å². The van der Waals surface area contributed by atoms with E-state index in [0.717, 1.165) is 19.3 Å². The first-order valence-electron chi connectivity index (χ1n) is 13.9. The molecule has 0 radical (unpaired) electrons. The van der Waals surface area contributed by atoms with Crippen LogP contribution in [0, 0.1) is 0 Å². The molecule has 1 saturated carbocycles. The Morgan fingerprint density at radius 2 is 1.23 bits per heavy atom. The van der Waals surface area contributed by atoms with E-state index in [4.69, 9.17) is 9.47 Å². The highest BCUT2D eigenvalue weighted by atomic mass is 16.6. The zero-order chi connectivity index (χ0) is 26.6. The Hall–Kier alpha value is -4.18. The fourth-order valence-electron chi connectivity index (χ4n) is 7.44. The highest BCUT2D eigenvalue weighted by molar-refractivity contribution is 5.91. The molecule has 0 N–H and O–H groups in total. The largest absolute Gasteiger partial charge is 0.454 e. The predicted octanol–water partition coefficient (Wildman–Crippen LogP) is 6.97. The van der Waals surface area contributed by atoms with Crippen molar-refractivity contribution in [1.82, 2.24) is 0 Å². The summed E-state index contributed by atoms with van der Waals surface area (Å²) in [5.41, 5.74) is 6.98. The van der Waals surface area contributed by atoms with Gasteiger partial charge in [0.15, 0.2) is 0 Å². The molecule has 4 nitrogen and oxygen atoms in total. The first-order valence-corrected chi connectivity index (χ1v) is 13.9. The van der Waals surface area contributed by atoms with Gasteiger partial charge in [0.2, 0.25) is 0 Å². The third-order valence-corrected chi connectivity index (χ3v) is 8.96. The number of rotatable bonds is 7. The maximum Gasteiger partial charge on any atom is 0.338 e. The summed E-state index contributed by atoms with van der Waals surface area (Å²) in [5.74, 6) is -0.922. The van der Waals surface area contributed by atoms with Gasteiger partial charge in [0.1, 0.15) is 12.2 Å². The molecule has 1 spiro atoms. The van der Waals surface area contributed by atoms with Gasteiger partial charge in [0.05, 0.1) is 11.1 Å². The second-order valence-electron chi connectivity index (χ2n) is 10.9. The summed E-state index contributed by atoms with van der Waals surface area (Å²) < 4.78 is 12.7. The Kier molecular flexibility index (Phi) is 5.66. The third-order valence-electron chi connectivity index (χ3n) is 8.96. The van der Waals surface area contributed by atoms with Gasteiger partial charge in [0, 0.05) is 17.3 Å².